The highest BCUT2D eigenvalue weighted by molar-refractivity contribution is 6.28. The number of nitrogens with zero attached hydrogens (tertiary/aromatic N) is 1. The fraction of sp³-hybridized carbons (Fsp3) is 0.400. The molecule has 3 aliphatic rings. The number of rotatable bonds is 2. The van der Waals surface area contributed by atoms with E-state index in [0.29, 0.717) is 17.9 Å². The number of hydrogen-bond donors (Lipinski definition) is 2. The third-order valence-corrected chi connectivity index (χ3v) is 4.11. The van der Waals surface area contributed by atoms with Gasteiger partial charge in [0.1, 0.15) is 0 Å². The molecule has 0 bridgehead atoms. The van der Waals surface area contributed by atoms with E-state index < -0.39 is 0 Å². The van der Waals surface area contributed by atoms with Crippen LogP contribution in [0.5, 0.6) is 0 Å². The SMILES string of the molecule is O=C1NN=C(C2CC2)C1=Cc1cc2c([nH]1)CCCC2=O. The van der Waals surface area contributed by atoms with Crippen molar-refractivity contribution in [1.29, 1.82) is 0 Å². The van der Waals surface area contributed by atoms with Gasteiger partial charge in [-0.3, -0.25) is 9.59 Å². The molecule has 0 spiro atoms. The van der Waals surface area contributed by atoms with Crippen LogP contribution in [0, 0.1) is 5.92 Å². The highest BCUT2D eigenvalue weighted by Crippen LogP contribution is 2.35. The summed E-state index contributed by atoms with van der Waals surface area (Å²) in [5.41, 5.74) is 6.64. The van der Waals surface area contributed by atoms with Crippen LogP contribution >= 0.6 is 0 Å². The molecular weight excluding hydrogens is 254 g/mol. The number of fused-ring (bicyclic) bond motifs is 1. The largest absolute Gasteiger partial charge is 0.358 e. The second kappa shape index (κ2) is 4.16. The monoisotopic (exact) mass is 269 g/mol. The van der Waals surface area contributed by atoms with E-state index in [-0.39, 0.29) is 11.7 Å². The lowest BCUT2D eigenvalue weighted by Gasteiger charge is -2.08. The van der Waals surface area contributed by atoms with E-state index in [0.717, 1.165) is 48.3 Å². The maximum Gasteiger partial charge on any atom is 0.273 e. The number of hydrogen-bond acceptors (Lipinski definition) is 3. The highest BCUT2D eigenvalue weighted by Gasteiger charge is 2.36. The first kappa shape index (κ1) is 11.6. The molecule has 0 radical (unpaired) electrons. The van der Waals surface area contributed by atoms with Gasteiger partial charge in [0, 0.05) is 29.3 Å². The van der Waals surface area contributed by atoms with Gasteiger partial charge in [-0.2, -0.15) is 5.10 Å². The molecule has 20 heavy (non-hydrogen) atoms. The summed E-state index contributed by atoms with van der Waals surface area (Å²) in [7, 11) is 0. The average Bonchev–Trinajstić information content (AvgIpc) is 3.08. The van der Waals surface area contributed by atoms with E-state index in [1.54, 1.807) is 0 Å². The number of amides is 1. The Balaban J connectivity index is 1.71. The van der Waals surface area contributed by atoms with Crippen LogP contribution in [-0.4, -0.2) is 22.4 Å². The zero-order valence-electron chi connectivity index (χ0n) is 11.0. The molecule has 1 fully saturated rings. The molecule has 102 valence electrons. The number of H-pyrrole nitrogens is 1. The second-order valence-corrected chi connectivity index (χ2v) is 5.66. The van der Waals surface area contributed by atoms with Gasteiger partial charge in [0.25, 0.3) is 5.91 Å². The molecule has 2 heterocycles. The van der Waals surface area contributed by atoms with Gasteiger partial charge in [-0.05, 0) is 37.8 Å². The number of Topliss-reactive ketones (excluding diaryl/α,β-unsaturated/α-hetero) is 1. The van der Waals surface area contributed by atoms with Crippen LogP contribution in [0.2, 0.25) is 0 Å². The molecule has 2 N–H and O–H groups in total. The third-order valence-electron chi connectivity index (χ3n) is 4.11. The van der Waals surface area contributed by atoms with E-state index in [9.17, 15) is 9.59 Å². The number of ketones is 1. The maximum atomic E-state index is 11.9. The Morgan fingerprint density at radius 3 is 2.85 bits per heavy atom. The molecule has 0 atom stereocenters. The Kier molecular flexibility index (Phi) is 2.42. The van der Waals surface area contributed by atoms with Crippen molar-refractivity contribution in [2.75, 3.05) is 0 Å². The van der Waals surface area contributed by atoms with Crippen molar-refractivity contribution in [3.63, 3.8) is 0 Å². The summed E-state index contributed by atoms with van der Waals surface area (Å²) in [6, 6.07) is 1.86. The molecule has 5 heteroatoms. The van der Waals surface area contributed by atoms with Gasteiger partial charge in [0.05, 0.1) is 11.3 Å². The second-order valence-electron chi connectivity index (χ2n) is 5.66. The van der Waals surface area contributed by atoms with Crippen LogP contribution in [0.25, 0.3) is 6.08 Å². The van der Waals surface area contributed by atoms with Gasteiger partial charge in [-0.15, -0.1) is 0 Å². The first-order valence-corrected chi connectivity index (χ1v) is 7.07. The Morgan fingerprint density at radius 2 is 2.10 bits per heavy atom. The molecule has 1 aromatic heterocycles. The highest BCUT2D eigenvalue weighted by atomic mass is 16.2. The van der Waals surface area contributed by atoms with E-state index >= 15 is 0 Å². The lowest BCUT2D eigenvalue weighted by atomic mass is 9.97. The van der Waals surface area contributed by atoms with Gasteiger partial charge >= 0.3 is 0 Å². The maximum absolute atomic E-state index is 11.9. The van der Waals surface area contributed by atoms with E-state index in [1.165, 1.54) is 0 Å². The van der Waals surface area contributed by atoms with Crippen LogP contribution in [0.1, 0.15) is 47.4 Å². The van der Waals surface area contributed by atoms with Crippen LogP contribution in [0.4, 0.5) is 0 Å². The molecule has 1 amide bonds. The minimum Gasteiger partial charge on any atom is -0.358 e. The van der Waals surface area contributed by atoms with Crippen molar-refractivity contribution in [1.82, 2.24) is 10.4 Å². The zero-order chi connectivity index (χ0) is 13.7. The molecular formula is C15H15N3O2. The van der Waals surface area contributed by atoms with Gasteiger partial charge in [-0.25, -0.2) is 5.43 Å². The molecule has 5 nitrogen and oxygen atoms in total. The smallest absolute Gasteiger partial charge is 0.273 e. The quantitative estimate of drug-likeness (QED) is 0.803. The topological polar surface area (TPSA) is 74.3 Å². The Morgan fingerprint density at radius 1 is 1.25 bits per heavy atom. The molecule has 4 rings (SSSR count). The van der Waals surface area contributed by atoms with Crippen LogP contribution in [0.15, 0.2) is 16.7 Å². The summed E-state index contributed by atoms with van der Waals surface area (Å²) in [4.78, 5) is 27.0. The summed E-state index contributed by atoms with van der Waals surface area (Å²) < 4.78 is 0. The van der Waals surface area contributed by atoms with Crippen molar-refractivity contribution in [3.8, 4) is 0 Å². The molecule has 1 aromatic rings. The van der Waals surface area contributed by atoms with E-state index in [1.807, 2.05) is 12.1 Å². The first-order chi connectivity index (χ1) is 9.72. The van der Waals surface area contributed by atoms with Crippen molar-refractivity contribution >= 4 is 23.5 Å². The predicted molar refractivity (Wildman–Crippen MR) is 74.3 cm³/mol. The Hall–Kier alpha value is -2.17. The minimum atomic E-state index is -0.147. The predicted octanol–water partition coefficient (Wildman–Crippen LogP) is 1.81. The average molecular weight is 269 g/mol. The molecule has 0 unspecified atom stereocenters. The number of aryl methyl sites for hydroxylation is 1. The van der Waals surface area contributed by atoms with E-state index in [4.69, 9.17) is 0 Å². The van der Waals surface area contributed by atoms with Crippen LogP contribution in [0.3, 0.4) is 0 Å². The Labute approximate surface area is 116 Å². The zero-order valence-corrected chi connectivity index (χ0v) is 11.0. The first-order valence-electron chi connectivity index (χ1n) is 7.07. The summed E-state index contributed by atoms with van der Waals surface area (Å²) in [6.07, 6.45) is 6.45. The number of carbonyl (C=O) groups excluding carboxylic acids is 2. The van der Waals surface area contributed by atoms with Gasteiger partial charge < -0.3 is 4.98 Å². The summed E-state index contributed by atoms with van der Waals surface area (Å²) >= 11 is 0. The molecule has 2 aliphatic carbocycles. The number of carbonyl (C=O) groups is 2. The Bertz CT molecular complexity index is 677. The number of aromatic amines is 1. The fourth-order valence-electron chi connectivity index (χ4n) is 2.92. The number of hydrazone groups is 1. The lowest BCUT2D eigenvalue weighted by Crippen LogP contribution is -2.13. The molecule has 1 aliphatic heterocycles. The molecule has 1 saturated carbocycles. The van der Waals surface area contributed by atoms with Gasteiger partial charge in [-0.1, -0.05) is 0 Å². The normalized spacial score (nSPS) is 23.8. The lowest BCUT2D eigenvalue weighted by molar-refractivity contribution is -0.116. The summed E-state index contributed by atoms with van der Waals surface area (Å²) in [6.45, 7) is 0. The van der Waals surface area contributed by atoms with Crippen molar-refractivity contribution in [2.45, 2.75) is 32.1 Å². The standard InChI is InChI=1S/C15H15N3O2/c19-13-3-1-2-12-10(13)6-9(16-12)7-11-14(8-4-5-8)17-18-15(11)20/h6-8,16H,1-5H2,(H,18,20). The number of aromatic nitrogens is 1. The third kappa shape index (κ3) is 1.81. The summed E-state index contributed by atoms with van der Waals surface area (Å²) in [5, 5.41) is 4.12. The fourth-order valence-corrected chi connectivity index (χ4v) is 2.92. The van der Waals surface area contributed by atoms with E-state index in [2.05, 4.69) is 15.5 Å². The molecule has 0 aromatic carbocycles. The van der Waals surface area contributed by atoms with Gasteiger partial charge in [0.15, 0.2) is 5.78 Å². The van der Waals surface area contributed by atoms with Gasteiger partial charge in [0.2, 0.25) is 0 Å². The van der Waals surface area contributed by atoms with Crippen molar-refractivity contribution < 1.29 is 9.59 Å². The van der Waals surface area contributed by atoms with Crippen LogP contribution in [-0.2, 0) is 11.2 Å². The summed E-state index contributed by atoms with van der Waals surface area (Å²) in [5.74, 6) is 0.469. The number of nitrogens with one attached hydrogen (secondary N) is 2. The van der Waals surface area contributed by atoms with Crippen molar-refractivity contribution in [3.05, 3.63) is 28.6 Å². The van der Waals surface area contributed by atoms with Crippen molar-refractivity contribution in [2.24, 2.45) is 11.0 Å². The van der Waals surface area contributed by atoms with Crippen LogP contribution < -0.4 is 5.43 Å². The molecule has 0 saturated heterocycles. The minimum absolute atomic E-state index is 0.147.